The fourth-order valence-corrected chi connectivity index (χ4v) is 3.30. The third-order valence-electron chi connectivity index (χ3n) is 4.42. The molecule has 0 unspecified atom stereocenters. The maximum absolute atomic E-state index is 12.4. The molecule has 2 aliphatic rings. The van der Waals surface area contributed by atoms with Gasteiger partial charge in [0.1, 0.15) is 0 Å². The molecule has 3 rings (SSSR count). The number of hydrogen-bond donors (Lipinski definition) is 1. The lowest BCUT2D eigenvalue weighted by Gasteiger charge is -2.34. The number of hydrogen-bond acceptors (Lipinski definition) is 3. The van der Waals surface area contributed by atoms with Crippen LogP contribution in [-0.4, -0.2) is 37.0 Å². The zero-order chi connectivity index (χ0) is 13.9. The maximum Gasteiger partial charge on any atom is 0.242 e. The quantitative estimate of drug-likeness (QED) is 0.839. The second-order valence-electron chi connectivity index (χ2n) is 5.81. The lowest BCUT2D eigenvalue weighted by atomic mass is 10.00. The van der Waals surface area contributed by atoms with E-state index in [0.29, 0.717) is 6.54 Å². The average molecular weight is 273 g/mol. The second kappa shape index (κ2) is 5.73. The van der Waals surface area contributed by atoms with Crippen molar-refractivity contribution >= 4 is 17.3 Å². The summed E-state index contributed by atoms with van der Waals surface area (Å²) in [7, 11) is 0. The topological polar surface area (TPSA) is 49.6 Å². The number of anilines is 2. The second-order valence-corrected chi connectivity index (χ2v) is 5.81. The van der Waals surface area contributed by atoms with E-state index in [2.05, 4.69) is 11.0 Å². The number of carbonyl (C=O) groups excluding carboxylic acids is 1. The van der Waals surface area contributed by atoms with Crippen LogP contribution in [0.15, 0.2) is 18.2 Å². The molecule has 1 saturated heterocycles. The summed E-state index contributed by atoms with van der Waals surface area (Å²) in [5, 5.41) is 0. The van der Waals surface area contributed by atoms with Crippen LogP contribution in [-0.2, 0) is 11.2 Å². The van der Waals surface area contributed by atoms with Gasteiger partial charge >= 0.3 is 0 Å². The van der Waals surface area contributed by atoms with Gasteiger partial charge in [-0.3, -0.25) is 4.79 Å². The van der Waals surface area contributed by atoms with E-state index >= 15 is 0 Å². The number of benzene rings is 1. The number of nitrogens with zero attached hydrogens (tertiary/aromatic N) is 2. The predicted molar refractivity (Wildman–Crippen MR) is 81.8 cm³/mol. The van der Waals surface area contributed by atoms with E-state index in [9.17, 15) is 4.79 Å². The van der Waals surface area contributed by atoms with E-state index in [-0.39, 0.29) is 5.91 Å². The van der Waals surface area contributed by atoms with Crippen molar-refractivity contribution in [1.29, 1.82) is 0 Å². The van der Waals surface area contributed by atoms with Gasteiger partial charge in [-0.1, -0.05) is 6.07 Å². The number of carbonyl (C=O) groups is 1. The Morgan fingerprint density at radius 3 is 2.70 bits per heavy atom. The molecule has 0 spiro atoms. The Balaban J connectivity index is 1.73. The summed E-state index contributed by atoms with van der Waals surface area (Å²) in [4.78, 5) is 16.6. The van der Waals surface area contributed by atoms with Crippen molar-refractivity contribution in [3.05, 3.63) is 23.8 Å². The fourth-order valence-electron chi connectivity index (χ4n) is 3.30. The third-order valence-corrected chi connectivity index (χ3v) is 4.42. The first-order valence-corrected chi connectivity index (χ1v) is 7.66. The van der Waals surface area contributed by atoms with Gasteiger partial charge in [-0.2, -0.15) is 0 Å². The molecule has 2 heterocycles. The van der Waals surface area contributed by atoms with Crippen LogP contribution in [0.25, 0.3) is 0 Å². The predicted octanol–water partition coefficient (Wildman–Crippen LogP) is 2.03. The van der Waals surface area contributed by atoms with E-state index in [1.165, 1.54) is 12.0 Å². The first kappa shape index (κ1) is 13.3. The van der Waals surface area contributed by atoms with Gasteiger partial charge in [0.15, 0.2) is 0 Å². The van der Waals surface area contributed by atoms with Crippen molar-refractivity contribution in [1.82, 2.24) is 4.90 Å². The van der Waals surface area contributed by atoms with Crippen LogP contribution in [0, 0.1) is 0 Å². The summed E-state index contributed by atoms with van der Waals surface area (Å²) in [5.74, 6) is 0.264. The minimum Gasteiger partial charge on any atom is -0.398 e. The van der Waals surface area contributed by atoms with Gasteiger partial charge in [-0.05, 0) is 49.8 Å². The van der Waals surface area contributed by atoms with Gasteiger partial charge in [0.2, 0.25) is 5.91 Å². The molecule has 4 nitrogen and oxygen atoms in total. The van der Waals surface area contributed by atoms with Gasteiger partial charge in [0.05, 0.1) is 6.54 Å². The highest BCUT2D eigenvalue weighted by Gasteiger charge is 2.23. The zero-order valence-electron chi connectivity index (χ0n) is 12.0. The van der Waals surface area contributed by atoms with Crippen LogP contribution in [0.4, 0.5) is 11.4 Å². The van der Waals surface area contributed by atoms with E-state index < -0.39 is 0 Å². The molecular weight excluding hydrogens is 250 g/mol. The number of rotatable bonds is 2. The third kappa shape index (κ3) is 2.60. The Bertz CT molecular complexity index is 494. The highest BCUT2D eigenvalue weighted by atomic mass is 16.2. The Hall–Kier alpha value is -1.71. The van der Waals surface area contributed by atoms with Crippen molar-refractivity contribution in [2.24, 2.45) is 0 Å². The molecule has 0 saturated carbocycles. The van der Waals surface area contributed by atoms with E-state index in [0.717, 1.165) is 56.7 Å². The van der Waals surface area contributed by atoms with Gasteiger partial charge in [-0.25, -0.2) is 0 Å². The molecule has 2 aliphatic heterocycles. The van der Waals surface area contributed by atoms with Gasteiger partial charge in [0.25, 0.3) is 0 Å². The fraction of sp³-hybridized carbons (Fsp3) is 0.562. The Labute approximate surface area is 120 Å². The van der Waals surface area contributed by atoms with Crippen LogP contribution < -0.4 is 10.6 Å². The van der Waals surface area contributed by atoms with Crippen molar-refractivity contribution in [2.75, 3.05) is 36.8 Å². The maximum atomic E-state index is 12.4. The molecule has 2 N–H and O–H groups in total. The summed E-state index contributed by atoms with van der Waals surface area (Å²) < 4.78 is 0. The van der Waals surface area contributed by atoms with E-state index in [1.807, 2.05) is 17.0 Å². The van der Waals surface area contributed by atoms with Crippen molar-refractivity contribution in [2.45, 2.75) is 32.1 Å². The van der Waals surface area contributed by atoms with Crippen LogP contribution in [0.2, 0.25) is 0 Å². The summed E-state index contributed by atoms with van der Waals surface area (Å²) >= 11 is 0. The summed E-state index contributed by atoms with van der Waals surface area (Å²) in [6.45, 7) is 3.30. The van der Waals surface area contributed by atoms with Crippen LogP contribution in [0.5, 0.6) is 0 Å². The minimum atomic E-state index is 0.264. The smallest absolute Gasteiger partial charge is 0.242 e. The lowest BCUT2D eigenvalue weighted by Crippen LogP contribution is -2.44. The number of amides is 1. The normalized spacial score (nSPS) is 18.8. The minimum absolute atomic E-state index is 0.264. The highest BCUT2D eigenvalue weighted by Crippen LogP contribution is 2.31. The summed E-state index contributed by atoms with van der Waals surface area (Å²) in [5.41, 5.74) is 9.28. The molecule has 4 heteroatoms. The number of fused-ring (bicyclic) bond motifs is 1. The van der Waals surface area contributed by atoms with Crippen molar-refractivity contribution < 1.29 is 4.79 Å². The van der Waals surface area contributed by atoms with Crippen LogP contribution in [0.3, 0.4) is 0 Å². The first-order valence-electron chi connectivity index (χ1n) is 7.66. The highest BCUT2D eigenvalue weighted by molar-refractivity contribution is 5.82. The van der Waals surface area contributed by atoms with Gasteiger partial charge in [-0.15, -0.1) is 0 Å². The van der Waals surface area contributed by atoms with Gasteiger partial charge < -0.3 is 15.5 Å². The molecule has 108 valence electrons. The Kier molecular flexibility index (Phi) is 3.81. The van der Waals surface area contributed by atoms with Crippen LogP contribution >= 0.6 is 0 Å². The summed E-state index contributed by atoms with van der Waals surface area (Å²) in [6.07, 6.45) is 5.66. The Morgan fingerprint density at radius 1 is 1.10 bits per heavy atom. The lowest BCUT2D eigenvalue weighted by molar-refractivity contribution is -0.130. The molecule has 0 bridgehead atoms. The number of nitrogens with two attached hydrogens (primary N) is 1. The average Bonchev–Trinajstić information content (AvgIpc) is 2.49. The molecule has 0 aromatic heterocycles. The molecule has 0 atom stereocenters. The van der Waals surface area contributed by atoms with E-state index in [4.69, 9.17) is 5.73 Å². The zero-order valence-corrected chi connectivity index (χ0v) is 12.0. The molecule has 1 amide bonds. The molecule has 0 aliphatic carbocycles. The van der Waals surface area contributed by atoms with Crippen molar-refractivity contribution in [3.8, 4) is 0 Å². The number of nitrogen functional groups attached to an aromatic ring is 1. The first-order chi connectivity index (χ1) is 9.75. The standard InChI is InChI=1S/C16H23N3O/c17-14-7-4-8-15-13(14)6-5-11-19(15)12-16(20)18-9-2-1-3-10-18/h4,7-8H,1-3,5-6,9-12,17H2. The molecule has 1 aromatic carbocycles. The van der Waals surface area contributed by atoms with Crippen molar-refractivity contribution in [3.63, 3.8) is 0 Å². The van der Waals surface area contributed by atoms with Crippen LogP contribution in [0.1, 0.15) is 31.2 Å². The van der Waals surface area contributed by atoms with Gasteiger partial charge in [0, 0.05) is 31.0 Å². The largest absolute Gasteiger partial charge is 0.398 e. The molecule has 1 fully saturated rings. The molecular formula is C16H23N3O. The molecule has 20 heavy (non-hydrogen) atoms. The monoisotopic (exact) mass is 273 g/mol. The Morgan fingerprint density at radius 2 is 1.90 bits per heavy atom. The molecule has 0 radical (unpaired) electrons. The summed E-state index contributed by atoms with van der Waals surface area (Å²) in [6, 6.07) is 6.03. The number of piperidine rings is 1. The SMILES string of the molecule is Nc1cccc2c1CCCN2CC(=O)N1CCCCC1. The number of likely N-dealkylation sites (tertiary alicyclic amines) is 1. The molecule has 1 aromatic rings. The van der Waals surface area contributed by atoms with E-state index in [1.54, 1.807) is 0 Å².